The minimum atomic E-state index is -4.62. The summed E-state index contributed by atoms with van der Waals surface area (Å²) in [6.07, 6.45) is -2.96. The van der Waals surface area contributed by atoms with Crippen molar-refractivity contribution in [3.05, 3.63) is 41.4 Å². The Labute approximate surface area is 154 Å². The number of benzene rings is 1. The van der Waals surface area contributed by atoms with Gasteiger partial charge in [-0.05, 0) is 12.1 Å². The molecule has 0 aliphatic heterocycles. The fourth-order valence-corrected chi connectivity index (χ4v) is 3.47. The topological polar surface area (TPSA) is 66.9 Å². The van der Waals surface area contributed by atoms with Gasteiger partial charge in [-0.15, -0.1) is 16.8 Å². The predicted molar refractivity (Wildman–Crippen MR) is 94.4 cm³/mol. The Hall–Kier alpha value is -1.78. The van der Waals surface area contributed by atoms with Gasteiger partial charge in [0.2, 0.25) is 11.0 Å². The van der Waals surface area contributed by atoms with E-state index >= 15 is 0 Å². The highest BCUT2D eigenvalue weighted by atomic mass is 35.5. The Morgan fingerprint density at radius 3 is 2.84 bits per heavy atom. The number of amides is 1. The maximum Gasteiger partial charge on any atom is 0.418 e. The summed E-state index contributed by atoms with van der Waals surface area (Å²) < 4.78 is 39.5. The smallest absolute Gasteiger partial charge is 0.357 e. The van der Waals surface area contributed by atoms with Crippen molar-refractivity contribution in [3.63, 3.8) is 0 Å². The second kappa shape index (κ2) is 8.54. The van der Waals surface area contributed by atoms with E-state index in [0.717, 1.165) is 17.8 Å². The van der Waals surface area contributed by atoms with Crippen LogP contribution < -0.4 is 10.6 Å². The number of para-hydroxylation sites is 1. The standard InChI is InChI=1S/C14H12ClF3N4OS2/c1-2-6-19-12-21-22-13(25-12)24-7-10(23)20-11-8(14(16,17)18)4-3-5-9(11)15/h2-5H,1,6-7H2,(H,19,21)(H,20,23). The Morgan fingerprint density at radius 1 is 1.40 bits per heavy atom. The molecule has 11 heteroatoms. The van der Waals surface area contributed by atoms with E-state index in [9.17, 15) is 18.0 Å². The number of hydrogen-bond donors (Lipinski definition) is 2. The van der Waals surface area contributed by atoms with E-state index in [4.69, 9.17) is 11.6 Å². The third-order valence-corrected chi connectivity index (χ3v) is 5.04. The largest absolute Gasteiger partial charge is 0.418 e. The number of alkyl halides is 3. The number of rotatable bonds is 7. The van der Waals surface area contributed by atoms with E-state index in [1.165, 1.54) is 23.5 Å². The molecule has 134 valence electrons. The van der Waals surface area contributed by atoms with E-state index in [0.29, 0.717) is 16.0 Å². The van der Waals surface area contributed by atoms with Gasteiger partial charge in [0.1, 0.15) is 0 Å². The molecule has 0 unspecified atom stereocenters. The number of nitrogens with one attached hydrogen (secondary N) is 2. The molecule has 0 fully saturated rings. The van der Waals surface area contributed by atoms with Crippen LogP contribution in [0.2, 0.25) is 5.02 Å². The van der Waals surface area contributed by atoms with Crippen LogP contribution in [-0.4, -0.2) is 28.4 Å². The molecule has 5 nitrogen and oxygen atoms in total. The summed E-state index contributed by atoms with van der Waals surface area (Å²) >= 11 is 8.08. The third-order valence-electron chi connectivity index (χ3n) is 2.71. The number of thioether (sulfide) groups is 1. The van der Waals surface area contributed by atoms with Crippen LogP contribution in [0.15, 0.2) is 35.2 Å². The molecule has 0 aliphatic carbocycles. The van der Waals surface area contributed by atoms with Crippen LogP contribution in [0.25, 0.3) is 0 Å². The second-order valence-corrected chi connectivity index (χ2v) is 7.15. The summed E-state index contributed by atoms with van der Waals surface area (Å²) in [7, 11) is 0. The van der Waals surface area contributed by atoms with Crippen LogP contribution in [-0.2, 0) is 11.0 Å². The summed E-state index contributed by atoms with van der Waals surface area (Å²) in [5.41, 5.74) is -1.45. The lowest BCUT2D eigenvalue weighted by Crippen LogP contribution is -2.18. The van der Waals surface area contributed by atoms with Gasteiger partial charge < -0.3 is 10.6 Å². The molecule has 25 heavy (non-hydrogen) atoms. The molecule has 0 atom stereocenters. The number of aromatic nitrogens is 2. The van der Waals surface area contributed by atoms with Gasteiger partial charge in [0.25, 0.3) is 0 Å². The quantitative estimate of drug-likeness (QED) is 0.520. The first-order chi connectivity index (χ1) is 11.8. The lowest BCUT2D eigenvalue weighted by molar-refractivity contribution is -0.137. The van der Waals surface area contributed by atoms with Gasteiger partial charge in [-0.25, -0.2) is 0 Å². The van der Waals surface area contributed by atoms with Crippen LogP contribution in [0.5, 0.6) is 0 Å². The first-order valence-electron chi connectivity index (χ1n) is 6.78. The molecule has 1 amide bonds. The highest BCUT2D eigenvalue weighted by Crippen LogP contribution is 2.38. The van der Waals surface area contributed by atoms with Crippen molar-refractivity contribution in [1.82, 2.24) is 10.2 Å². The van der Waals surface area contributed by atoms with Crippen molar-refractivity contribution in [2.24, 2.45) is 0 Å². The van der Waals surface area contributed by atoms with E-state index in [1.54, 1.807) is 6.08 Å². The van der Waals surface area contributed by atoms with E-state index in [1.807, 2.05) is 0 Å². The molecule has 1 heterocycles. The average molecular weight is 409 g/mol. The summed E-state index contributed by atoms with van der Waals surface area (Å²) in [6.45, 7) is 4.08. The monoisotopic (exact) mass is 408 g/mol. The number of carbonyl (C=O) groups excluding carboxylic acids is 1. The molecule has 0 saturated carbocycles. The van der Waals surface area contributed by atoms with Gasteiger partial charge >= 0.3 is 6.18 Å². The first kappa shape index (κ1) is 19.5. The van der Waals surface area contributed by atoms with Crippen molar-refractivity contribution in [3.8, 4) is 0 Å². The zero-order chi connectivity index (χ0) is 18.4. The molecule has 0 radical (unpaired) electrons. The van der Waals surface area contributed by atoms with Crippen LogP contribution >= 0.6 is 34.7 Å². The highest BCUT2D eigenvalue weighted by molar-refractivity contribution is 8.01. The molecule has 0 bridgehead atoms. The van der Waals surface area contributed by atoms with Gasteiger partial charge in [0, 0.05) is 6.54 Å². The summed E-state index contributed by atoms with van der Waals surface area (Å²) in [4.78, 5) is 12.0. The third kappa shape index (κ3) is 5.62. The maximum atomic E-state index is 13.0. The van der Waals surface area contributed by atoms with Crippen molar-refractivity contribution in [1.29, 1.82) is 0 Å². The van der Waals surface area contributed by atoms with Crippen LogP contribution in [0.3, 0.4) is 0 Å². The van der Waals surface area contributed by atoms with Crippen molar-refractivity contribution < 1.29 is 18.0 Å². The highest BCUT2D eigenvalue weighted by Gasteiger charge is 2.34. The predicted octanol–water partition coefficient (Wildman–Crippen LogP) is 4.54. The molecular weight excluding hydrogens is 397 g/mol. The first-order valence-corrected chi connectivity index (χ1v) is 8.96. The van der Waals surface area contributed by atoms with Gasteiger partial charge in [-0.3, -0.25) is 4.79 Å². The minimum absolute atomic E-state index is 0.126. The maximum absolute atomic E-state index is 13.0. The van der Waals surface area contributed by atoms with Gasteiger partial charge in [-0.2, -0.15) is 13.2 Å². The number of nitrogens with zero attached hydrogens (tertiary/aromatic N) is 2. The number of halogens is 4. The Bertz CT molecular complexity index is 767. The second-order valence-electron chi connectivity index (χ2n) is 4.54. The zero-order valence-corrected chi connectivity index (χ0v) is 15.0. The fraction of sp³-hybridized carbons (Fsp3) is 0.214. The van der Waals surface area contributed by atoms with Crippen LogP contribution in [0.1, 0.15) is 5.56 Å². The Balaban J connectivity index is 1.99. The number of anilines is 2. The average Bonchev–Trinajstić information content (AvgIpc) is 2.99. The molecule has 2 aromatic rings. The zero-order valence-electron chi connectivity index (χ0n) is 12.6. The fourth-order valence-electron chi connectivity index (χ4n) is 1.69. The lowest BCUT2D eigenvalue weighted by Gasteiger charge is -2.14. The van der Waals surface area contributed by atoms with Gasteiger partial charge in [0.15, 0.2) is 4.34 Å². The molecule has 0 saturated heterocycles. The van der Waals surface area contributed by atoms with Crippen LogP contribution in [0, 0.1) is 0 Å². The SMILES string of the molecule is C=CCNc1nnc(SCC(=O)Nc2c(Cl)cccc2C(F)(F)F)s1. The number of carbonyl (C=O) groups is 1. The van der Waals surface area contributed by atoms with Crippen molar-refractivity contribution in [2.75, 3.05) is 22.9 Å². The van der Waals surface area contributed by atoms with Gasteiger partial charge in [-0.1, -0.05) is 46.8 Å². The minimum Gasteiger partial charge on any atom is -0.357 e. The van der Waals surface area contributed by atoms with Crippen molar-refractivity contribution in [2.45, 2.75) is 10.5 Å². The molecule has 2 N–H and O–H groups in total. The summed E-state index contributed by atoms with van der Waals surface area (Å²) in [6, 6.07) is 3.31. The Kier molecular flexibility index (Phi) is 6.68. The summed E-state index contributed by atoms with van der Waals surface area (Å²) in [5.74, 6) is -0.752. The van der Waals surface area contributed by atoms with E-state index < -0.39 is 23.3 Å². The molecule has 2 rings (SSSR count). The van der Waals surface area contributed by atoms with E-state index in [2.05, 4.69) is 27.4 Å². The molecular formula is C14H12ClF3N4OS2. The number of hydrogen-bond acceptors (Lipinski definition) is 6. The Morgan fingerprint density at radius 2 is 2.16 bits per heavy atom. The molecule has 0 aliphatic rings. The van der Waals surface area contributed by atoms with E-state index in [-0.39, 0.29) is 10.8 Å². The molecule has 1 aromatic heterocycles. The molecule has 0 spiro atoms. The van der Waals surface area contributed by atoms with Gasteiger partial charge in [0.05, 0.1) is 22.0 Å². The van der Waals surface area contributed by atoms with Crippen molar-refractivity contribution >= 4 is 51.4 Å². The molecule has 1 aromatic carbocycles. The summed E-state index contributed by atoms with van der Waals surface area (Å²) in [5, 5.41) is 13.3. The lowest BCUT2D eigenvalue weighted by atomic mass is 10.1. The van der Waals surface area contributed by atoms with Crippen LogP contribution in [0.4, 0.5) is 24.0 Å². The normalized spacial score (nSPS) is 11.2.